The van der Waals surface area contributed by atoms with Gasteiger partial charge in [0.2, 0.25) is 5.82 Å². The first-order chi connectivity index (χ1) is 9.13. The Balaban J connectivity index is 1.92. The van der Waals surface area contributed by atoms with Crippen molar-refractivity contribution in [3.8, 4) is 5.75 Å². The van der Waals surface area contributed by atoms with E-state index in [1.165, 1.54) is 0 Å². The van der Waals surface area contributed by atoms with E-state index in [0.717, 1.165) is 23.3 Å². The molecule has 2 aromatic rings. The largest absolute Gasteiger partial charge is 0.493 e. The molecule has 0 unspecified atom stereocenters. The van der Waals surface area contributed by atoms with Gasteiger partial charge in [-0.05, 0) is 17.7 Å². The smallest absolute Gasteiger partial charge is 0.208 e. The molecule has 0 radical (unpaired) electrons. The van der Waals surface area contributed by atoms with E-state index in [1.54, 1.807) is 11.0 Å². The van der Waals surface area contributed by atoms with Crippen LogP contribution in [0.25, 0.3) is 0 Å². The summed E-state index contributed by atoms with van der Waals surface area (Å²) in [6.07, 6.45) is 2.48. The molecule has 2 N–H and O–H groups in total. The Labute approximate surface area is 120 Å². The first-order valence-corrected chi connectivity index (χ1v) is 6.55. The highest BCUT2D eigenvalue weighted by molar-refractivity contribution is 7.80. The van der Waals surface area contributed by atoms with Crippen LogP contribution in [0.15, 0.2) is 18.5 Å². The molecular formula is C12H11ClN4OS. The molecule has 19 heavy (non-hydrogen) atoms. The van der Waals surface area contributed by atoms with Gasteiger partial charge in [-0.2, -0.15) is 0 Å². The third kappa shape index (κ3) is 2.41. The van der Waals surface area contributed by atoms with Crippen molar-refractivity contribution >= 4 is 28.8 Å². The Morgan fingerprint density at radius 1 is 1.53 bits per heavy atom. The number of nitrogens with zero attached hydrogens (tertiary/aromatic N) is 3. The van der Waals surface area contributed by atoms with Crippen molar-refractivity contribution in [2.75, 3.05) is 6.61 Å². The van der Waals surface area contributed by atoms with Crippen LogP contribution in [0.2, 0.25) is 5.02 Å². The molecule has 1 aliphatic rings. The van der Waals surface area contributed by atoms with Crippen molar-refractivity contribution in [1.82, 2.24) is 14.8 Å². The average molecular weight is 295 g/mol. The van der Waals surface area contributed by atoms with Gasteiger partial charge in [-0.1, -0.05) is 23.8 Å². The first-order valence-electron chi connectivity index (χ1n) is 5.77. The van der Waals surface area contributed by atoms with Gasteiger partial charge in [0.25, 0.3) is 0 Å². The molecule has 0 saturated heterocycles. The van der Waals surface area contributed by atoms with E-state index < -0.39 is 0 Å². The Morgan fingerprint density at radius 2 is 2.37 bits per heavy atom. The predicted molar refractivity (Wildman–Crippen MR) is 75.7 cm³/mol. The van der Waals surface area contributed by atoms with E-state index in [-0.39, 0.29) is 4.99 Å². The van der Waals surface area contributed by atoms with Crippen LogP contribution in [-0.4, -0.2) is 26.4 Å². The standard InChI is InChI=1S/C12H11ClN4OS/c13-9-3-7-1-2-18-10(7)8(4-9)5-17-6-15-12(16-17)11(14)19/h3-4,6H,1-2,5H2,(H2,14,19). The summed E-state index contributed by atoms with van der Waals surface area (Å²) >= 11 is 10.9. The second-order valence-corrected chi connectivity index (χ2v) is 5.16. The number of halogens is 1. The number of nitrogens with two attached hydrogens (primary N) is 1. The van der Waals surface area contributed by atoms with Crippen LogP contribution in [0, 0.1) is 0 Å². The van der Waals surface area contributed by atoms with E-state index in [9.17, 15) is 0 Å². The van der Waals surface area contributed by atoms with Gasteiger partial charge in [0.1, 0.15) is 17.1 Å². The number of hydrogen-bond acceptors (Lipinski definition) is 4. The summed E-state index contributed by atoms with van der Waals surface area (Å²) in [5.74, 6) is 1.27. The van der Waals surface area contributed by atoms with Crippen molar-refractivity contribution < 1.29 is 4.74 Å². The highest BCUT2D eigenvalue weighted by Gasteiger charge is 2.18. The number of ether oxygens (including phenoxy) is 1. The van der Waals surface area contributed by atoms with E-state index >= 15 is 0 Å². The van der Waals surface area contributed by atoms with Crippen LogP contribution in [0.1, 0.15) is 17.0 Å². The fourth-order valence-corrected chi connectivity index (χ4v) is 2.48. The second-order valence-electron chi connectivity index (χ2n) is 4.28. The molecular weight excluding hydrogens is 284 g/mol. The number of hydrogen-bond donors (Lipinski definition) is 1. The van der Waals surface area contributed by atoms with E-state index in [1.807, 2.05) is 12.1 Å². The highest BCUT2D eigenvalue weighted by Crippen LogP contribution is 2.33. The molecule has 2 heterocycles. The minimum Gasteiger partial charge on any atom is -0.493 e. The van der Waals surface area contributed by atoms with Crippen LogP contribution < -0.4 is 10.5 Å². The third-order valence-electron chi connectivity index (χ3n) is 2.91. The molecule has 3 rings (SSSR count). The van der Waals surface area contributed by atoms with Crippen LogP contribution in [0.3, 0.4) is 0 Å². The van der Waals surface area contributed by atoms with Gasteiger partial charge >= 0.3 is 0 Å². The summed E-state index contributed by atoms with van der Waals surface area (Å²) in [5.41, 5.74) is 7.60. The van der Waals surface area contributed by atoms with Gasteiger partial charge < -0.3 is 10.5 Å². The Kier molecular flexibility index (Phi) is 3.12. The summed E-state index contributed by atoms with van der Waals surface area (Å²) in [5, 5.41) is 4.90. The molecule has 0 aliphatic carbocycles. The lowest BCUT2D eigenvalue weighted by Gasteiger charge is -2.08. The van der Waals surface area contributed by atoms with Crippen LogP contribution >= 0.6 is 23.8 Å². The van der Waals surface area contributed by atoms with Crippen molar-refractivity contribution in [3.63, 3.8) is 0 Å². The van der Waals surface area contributed by atoms with Gasteiger partial charge in [-0.25, -0.2) is 9.67 Å². The summed E-state index contributed by atoms with van der Waals surface area (Å²) in [4.78, 5) is 4.23. The second kappa shape index (κ2) is 4.79. The number of rotatable bonds is 3. The molecule has 1 aromatic carbocycles. The van der Waals surface area contributed by atoms with E-state index in [2.05, 4.69) is 10.1 Å². The minimum absolute atomic E-state index is 0.186. The maximum absolute atomic E-state index is 6.11. The number of thiocarbonyl (C=S) groups is 1. The monoisotopic (exact) mass is 294 g/mol. The van der Waals surface area contributed by atoms with E-state index in [4.69, 9.17) is 34.3 Å². The van der Waals surface area contributed by atoms with Gasteiger partial charge in [-0.3, -0.25) is 0 Å². The van der Waals surface area contributed by atoms with Crippen LogP contribution in [0.5, 0.6) is 5.75 Å². The van der Waals surface area contributed by atoms with Gasteiger partial charge in [0.05, 0.1) is 13.2 Å². The van der Waals surface area contributed by atoms with Gasteiger partial charge in [0.15, 0.2) is 0 Å². The maximum Gasteiger partial charge on any atom is 0.208 e. The van der Waals surface area contributed by atoms with Gasteiger partial charge in [-0.15, -0.1) is 5.10 Å². The first kappa shape index (κ1) is 12.4. The molecule has 0 atom stereocenters. The molecule has 0 spiro atoms. The Morgan fingerprint density at radius 3 is 3.11 bits per heavy atom. The molecule has 1 aromatic heterocycles. The fourth-order valence-electron chi connectivity index (χ4n) is 2.12. The molecule has 5 nitrogen and oxygen atoms in total. The maximum atomic E-state index is 6.11. The number of benzene rings is 1. The summed E-state index contributed by atoms with van der Waals surface area (Å²) in [6.45, 7) is 1.22. The van der Waals surface area contributed by atoms with Crippen LogP contribution in [0.4, 0.5) is 0 Å². The van der Waals surface area contributed by atoms with Crippen molar-refractivity contribution in [2.24, 2.45) is 5.73 Å². The average Bonchev–Trinajstić information content (AvgIpc) is 2.96. The zero-order valence-electron chi connectivity index (χ0n) is 9.97. The summed E-state index contributed by atoms with van der Waals surface area (Å²) < 4.78 is 7.31. The summed E-state index contributed by atoms with van der Waals surface area (Å²) in [7, 11) is 0. The number of aromatic nitrogens is 3. The fraction of sp³-hybridized carbons (Fsp3) is 0.250. The third-order valence-corrected chi connectivity index (χ3v) is 3.32. The molecule has 0 saturated carbocycles. The summed E-state index contributed by atoms with van der Waals surface area (Å²) in [6, 6.07) is 3.82. The SMILES string of the molecule is NC(=S)c1ncn(Cc2cc(Cl)cc3c2OCC3)n1. The molecule has 0 bridgehead atoms. The van der Waals surface area contributed by atoms with Crippen molar-refractivity contribution in [3.05, 3.63) is 40.4 Å². The zero-order chi connectivity index (χ0) is 13.4. The molecule has 1 aliphatic heterocycles. The molecule has 0 fully saturated rings. The lowest BCUT2D eigenvalue weighted by atomic mass is 10.1. The zero-order valence-corrected chi connectivity index (χ0v) is 11.5. The highest BCUT2D eigenvalue weighted by atomic mass is 35.5. The molecule has 7 heteroatoms. The van der Waals surface area contributed by atoms with Gasteiger partial charge in [0, 0.05) is 17.0 Å². The predicted octanol–water partition coefficient (Wildman–Crippen LogP) is 1.55. The van der Waals surface area contributed by atoms with E-state index in [0.29, 0.717) is 24.0 Å². The lowest BCUT2D eigenvalue weighted by molar-refractivity contribution is 0.352. The Bertz CT molecular complexity index is 655. The number of fused-ring (bicyclic) bond motifs is 1. The van der Waals surface area contributed by atoms with Crippen molar-refractivity contribution in [1.29, 1.82) is 0 Å². The topological polar surface area (TPSA) is 66.0 Å². The lowest BCUT2D eigenvalue weighted by Crippen LogP contribution is -2.12. The normalized spacial score (nSPS) is 13.1. The van der Waals surface area contributed by atoms with Crippen molar-refractivity contribution in [2.45, 2.75) is 13.0 Å². The molecule has 0 amide bonds. The Hall–Kier alpha value is -1.66. The van der Waals surface area contributed by atoms with Crippen LogP contribution in [-0.2, 0) is 13.0 Å². The quantitative estimate of drug-likeness (QED) is 0.870. The minimum atomic E-state index is 0.186. The molecule has 98 valence electrons.